The van der Waals surface area contributed by atoms with Gasteiger partial charge in [-0.1, -0.05) is 12.1 Å². The minimum atomic E-state index is -1.26. The molecule has 0 saturated heterocycles. The van der Waals surface area contributed by atoms with E-state index in [4.69, 9.17) is 5.73 Å². The van der Waals surface area contributed by atoms with E-state index in [0.29, 0.717) is 17.8 Å². The predicted molar refractivity (Wildman–Crippen MR) is 100.0 cm³/mol. The molecule has 3 rings (SSSR count). The van der Waals surface area contributed by atoms with Crippen LogP contribution >= 0.6 is 0 Å². The van der Waals surface area contributed by atoms with Crippen molar-refractivity contribution in [3.05, 3.63) is 59.2 Å². The van der Waals surface area contributed by atoms with Crippen molar-refractivity contribution in [1.29, 1.82) is 5.26 Å². The lowest BCUT2D eigenvalue weighted by molar-refractivity contribution is 0.539. The van der Waals surface area contributed by atoms with Crippen LogP contribution in [-0.2, 0) is 16.8 Å². The summed E-state index contributed by atoms with van der Waals surface area (Å²) >= 11 is -1.26. The minimum absolute atomic E-state index is 0.0564. The van der Waals surface area contributed by atoms with Gasteiger partial charge in [0.25, 0.3) is 0 Å². The summed E-state index contributed by atoms with van der Waals surface area (Å²) in [7, 11) is 0. The Labute approximate surface area is 155 Å². The SMILES string of the molecule is CC(C)(C)[S+]([O-])NC1CC1(c1ccc(F)c(N)c1)c1cccc(C#N)n1. The first-order valence-corrected chi connectivity index (χ1v) is 9.44. The van der Waals surface area contributed by atoms with Crippen molar-refractivity contribution in [2.45, 2.75) is 43.4 Å². The van der Waals surface area contributed by atoms with Gasteiger partial charge < -0.3 is 10.3 Å². The number of benzene rings is 1. The molecule has 2 aromatic rings. The molecule has 136 valence electrons. The number of anilines is 1. The summed E-state index contributed by atoms with van der Waals surface area (Å²) in [6, 6.07) is 11.7. The van der Waals surface area contributed by atoms with Gasteiger partial charge in [0.1, 0.15) is 22.3 Å². The Balaban J connectivity index is 2.04. The maximum absolute atomic E-state index is 13.6. The molecule has 1 aliphatic carbocycles. The highest BCUT2D eigenvalue weighted by molar-refractivity contribution is 7.90. The quantitative estimate of drug-likeness (QED) is 0.635. The highest BCUT2D eigenvalue weighted by atomic mass is 32.2. The zero-order valence-electron chi connectivity index (χ0n) is 14.9. The third-order valence-corrected chi connectivity index (χ3v) is 6.21. The van der Waals surface area contributed by atoms with Gasteiger partial charge in [0.2, 0.25) is 0 Å². The number of hydrogen-bond acceptors (Lipinski definition) is 5. The molecular formula is C19H21FN4OS. The van der Waals surface area contributed by atoms with Crippen LogP contribution in [0.3, 0.4) is 0 Å². The van der Waals surface area contributed by atoms with Crippen LogP contribution in [0.4, 0.5) is 10.1 Å². The van der Waals surface area contributed by atoms with Gasteiger partial charge in [-0.25, -0.2) is 9.37 Å². The Morgan fingerprint density at radius 2 is 2.12 bits per heavy atom. The van der Waals surface area contributed by atoms with E-state index in [-0.39, 0.29) is 11.7 Å². The van der Waals surface area contributed by atoms with Crippen molar-refractivity contribution < 1.29 is 8.94 Å². The van der Waals surface area contributed by atoms with Gasteiger partial charge in [0.05, 0.1) is 22.8 Å². The standard InChI is InChI=1S/C19H21FN4OS/c1-18(2,3)26(25)24-17-10-19(17,12-7-8-14(20)15(22)9-12)16-6-4-5-13(11-21)23-16/h4-9,17,24H,10,22H2,1-3H3. The summed E-state index contributed by atoms with van der Waals surface area (Å²) in [6.45, 7) is 5.68. The van der Waals surface area contributed by atoms with Crippen LogP contribution in [0.1, 0.15) is 44.1 Å². The molecule has 1 saturated carbocycles. The fourth-order valence-corrected chi connectivity index (χ4v) is 3.92. The Kier molecular flexibility index (Phi) is 4.69. The van der Waals surface area contributed by atoms with Gasteiger partial charge in [-0.2, -0.15) is 5.26 Å². The molecule has 0 spiro atoms. The smallest absolute Gasteiger partial charge is 0.146 e. The van der Waals surface area contributed by atoms with Crippen molar-refractivity contribution >= 4 is 17.0 Å². The molecule has 3 N–H and O–H groups in total. The Morgan fingerprint density at radius 1 is 1.38 bits per heavy atom. The van der Waals surface area contributed by atoms with Gasteiger partial charge in [-0.3, -0.25) is 0 Å². The molecule has 1 aromatic carbocycles. The fraction of sp³-hybridized carbons (Fsp3) is 0.368. The van der Waals surface area contributed by atoms with Crippen molar-refractivity contribution in [2.75, 3.05) is 5.73 Å². The van der Waals surface area contributed by atoms with Crippen LogP contribution in [0.25, 0.3) is 0 Å². The first-order valence-electron chi connectivity index (χ1n) is 8.29. The van der Waals surface area contributed by atoms with E-state index < -0.39 is 27.3 Å². The van der Waals surface area contributed by atoms with E-state index in [2.05, 4.69) is 9.71 Å². The predicted octanol–water partition coefficient (Wildman–Crippen LogP) is 2.78. The van der Waals surface area contributed by atoms with E-state index in [1.807, 2.05) is 32.9 Å². The Morgan fingerprint density at radius 3 is 2.73 bits per heavy atom. The van der Waals surface area contributed by atoms with E-state index in [0.717, 1.165) is 5.56 Å². The van der Waals surface area contributed by atoms with Crippen LogP contribution < -0.4 is 10.5 Å². The number of rotatable bonds is 4. The van der Waals surface area contributed by atoms with E-state index in [9.17, 15) is 14.2 Å². The number of nitrogens with one attached hydrogen (secondary N) is 1. The lowest BCUT2D eigenvalue weighted by Crippen LogP contribution is -2.42. The number of pyridine rings is 1. The molecule has 1 aliphatic rings. The number of hydrogen-bond donors (Lipinski definition) is 2. The Hall–Kier alpha value is -2.14. The normalized spacial score (nSPS) is 23.3. The van der Waals surface area contributed by atoms with Crippen molar-refractivity contribution in [2.24, 2.45) is 0 Å². The van der Waals surface area contributed by atoms with Crippen LogP contribution in [0, 0.1) is 17.1 Å². The zero-order valence-corrected chi connectivity index (χ0v) is 15.7. The summed E-state index contributed by atoms with van der Waals surface area (Å²) in [5, 5.41) is 9.17. The van der Waals surface area contributed by atoms with Crippen molar-refractivity contribution in [1.82, 2.24) is 9.71 Å². The van der Waals surface area contributed by atoms with Crippen LogP contribution in [0.15, 0.2) is 36.4 Å². The number of nitriles is 1. The summed E-state index contributed by atoms with van der Waals surface area (Å²) in [5.74, 6) is -0.480. The van der Waals surface area contributed by atoms with Crippen molar-refractivity contribution in [3.8, 4) is 6.07 Å². The molecule has 26 heavy (non-hydrogen) atoms. The fourth-order valence-electron chi connectivity index (χ4n) is 3.03. The van der Waals surface area contributed by atoms with E-state index in [1.165, 1.54) is 6.07 Å². The first-order chi connectivity index (χ1) is 12.2. The lowest BCUT2D eigenvalue weighted by Gasteiger charge is -2.25. The third kappa shape index (κ3) is 3.28. The molecule has 1 aromatic heterocycles. The molecule has 1 fully saturated rings. The summed E-state index contributed by atoms with van der Waals surface area (Å²) in [6.07, 6.45) is 0.641. The molecular weight excluding hydrogens is 351 g/mol. The number of nitrogens with two attached hydrogens (primary N) is 1. The summed E-state index contributed by atoms with van der Waals surface area (Å²) < 4.78 is 28.9. The molecule has 0 radical (unpaired) electrons. The molecule has 0 bridgehead atoms. The monoisotopic (exact) mass is 372 g/mol. The van der Waals surface area contributed by atoms with Gasteiger partial charge in [-0.15, -0.1) is 4.72 Å². The molecule has 0 amide bonds. The summed E-state index contributed by atoms with van der Waals surface area (Å²) in [5.41, 5.74) is 7.02. The lowest BCUT2D eigenvalue weighted by atomic mass is 9.90. The van der Waals surface area contributed by atoms with Gasteiger partial charge >= 0.3 is 0 Å². The average molecular weight is 372 g/mol. The van der Waals surface area contributed by atoms with E-state index >= 15 is 0 Å². The van der Waals surface area contributed by atoms with Gasteiger partial charge in [-0.05, 0) is 57.0 Å². The number of aromatic nitrogens is 1. The molecule has 0 aliphatic heterocycles. The van der Waals surface area contributed by atoms with Crippen LogP contribution in [0.5, 0.6) is 0 Å². The van der Waals surface area contributed by atoms with E-state index in [1.54, 1.807) is 24.3 Å². The largest absolute Gasteiger partial charge is 0.598 e. The number of halogens is 1. The maximum Gasteiger partial charge on any atom is 0.146 e. The van der Waals surface area contributed by atoms with Crippen molar-refractivity contribution in [3.63, 3.8) is 0 Å². The van der Waals surface area contributed by atoms with Gasteiger partial charge in [0, 0.05) is 11.4 Å². The second kappa shape index (κ2) is 6.54. The minimum Gasteiger partial charge on any atom is -0.598 e. The highest BCUT2D eigenvalue weighted by Crippen LogP contribution is 2.54. The second-order valence-electron chi connectivity index (χ2n) is 7.48. The maximum atomic E-state index is 13.6. The van der Waals surface area contributed by atoms with Crippen LogP contribution in [0.2, 0.25) is 0 Å². The van der Waals surface area contributed by atoms with Crippen LogP contribution in [-0.4, -0.2) is 20.3 Å². The highest BCUT2D eigenvalue weighted by Gasteiger charge is 2.60. The molecule has 3 atom stereocenters. The molecule has 1 heterocycles. The topological polar surface area (TPSA) is 97.8 Å². The molecule has 7 heteroatoms. The third-order valence-electron chi connectivity index (χ3n) is 4.60. The Bertz CT molecular complexity index is 877. The average Bonchev–Trinajstić information content (AvgIpc) is 3.31. The zero-order chi connectivity index (χ0) is 19.1. The molecule has 3 unspecified atom stereocenters. The second-order valence-corrected chi connectivity index (χ2v) is 9.48. The summed E-state index contributed by atoms with van der Waals surface area (Å²) in [4.78, 5) is 4.44. The first kappa shape index (κ1) is 18.6. The number of nitrogen functional groups attached to an aromatic ring is 1. The number of nitrogens with zero attached hydrogens (tertiary/aromatic N) is 2. The van der Waals surface area contributed by atoms with Gasteiger partial charge in [0.15, 0.2) is 0 Å². The molecule has 5 nitrogen and oxygen atoms in total.